The van der Waals surface area contributed by atoms with Crippen molar-refractivity contribution in [1.29, 1.82) is 0 Å². The average molecular weight is 392 g/mol. The highest BCUT2D eigenvalue weighted by molar-refractivity contribution is 7.12. The van der Waals surface area contributed by atoms with Crippen LogP contribution in [0.1, 0.15) is 32.9 Å². The molecule has 3 rings (SSSR count). The lowest BCUT2D eigenvalue weighted by molar-refractivity contribution is 0.0690. The maximum absolute atomic E-state index is 12.8. The summed E-state index contributed by atoms with van der Waals surface area (Å²) in [6, 6.07) is 8.60. The molecule has 0 unspecified atom stereocenters. The normalized spacial score (nSPS) is 15.1. The average Bonchev–Trinajstić information content (AvgIpc) is 3.19. The van der Waals surface area contributed by atoms with Crippen molar-refractivity contribution < 1.29 is 9.59 Å². The van der Waals surface area contributed by atoms with Gasteiger partial charge in [-0.25, -0.2) is 0 Å². The number of anilines is 1. The van der Waals surface area contributed by atoms with Gasteiger partial charge in [-0.2, -0.15) is 0 Å². The van der Waals surface area contributed by atoms with Crippen molar-refractivity contribution in [2.75, 3.05) is 32.0 Å². The van der Waals surface area contributed by atoms with E-state index < -0.39 is 0 Å². The second-order valence-electron chi connectivity index (χ2n) is 6.42. The van der Waals surface area contributed by atoms with Crippen LogP contribution in [0, 0.1) is 5.92 Å². The van der Waals surface area contributed by atoms with Gasteiger partial charge in [-0.3, -0.25) is 9.59 Å². The summed E-state index contributed by atoms with van der Waals surface area (Å²) in [6.07, 6.45) is 2.00. The van der Waals surface area contributed by atoms with Crippen molar-refractivity contribution in [3.63, 3.8) is 0 Å². The zero-order valence-electron chi connectivity index (χ0n) is 14.6. The van der Waals surface area contributed by atoms with Gasteiger partial charge >= 0.3 is 0 Å². The van der Waals surface area contributed by atoms with E-state index in [0.29, 0.717) is 27.1 Å². The summed E-state index contributed by atoms with van der Waals surface area (Å²) in [6.45, 7) is 2.50. The molecule has 0 spiro atoms. The zero-order valence-corrected chi connectivity index (χ0v) is 16.2. The molecule has 1 fully saturated rings. The Bertz CT molecular complexity index is 771. The molecule has 0 saturated carbocycles. The van der Waals surface area contributed by atoms with Crippen LogP contribution in [0.2, 0.25) is 5.02 Å². The maximum Gasteiger partial charge on any atom is 0.265 e. The lowest BCUT2D eigenvalue weighted by Gasteiger charge is -2.32. The summed E-state index contributed by atoms with van der Waals surface area (Å²) in [5.41, 5.74) is 1.00. The van der Waals surface area contributed by atoms with Gasteiger partial charge in [0.2, 0.25) is 0 Å². The van der Waals surface area contributed by atoms with E-state index in [4.69, 9.17) is 11.6 Å². The minimum absolute atomic E-state index is 0.0174. The second-order valence-corrected chi connectivity index (χ2v) is 7.77. The predicted molar refractivity (Wildman–Crippen MR) is 106 cm³/mol. The van der Waals surface area contributed by atoms with Crippen molar-refractivity contribution >= 4 is 40.4 Å². The van der Waals surface area contributed by atoms with Crippen LogP contribution in [-0.4, -0.2) is 43.4 Å². The molecule has 1 aromatic carbocycles. The number of amides is 2. The molecule has 26 heavy (non-hydrogen) atoms. The molecule has 1 aliphatic heterocycles. The number of nitrogens with zero attached hydrogens (tertiary/aromatic N) is 1. The quantitative estimate of drug-likeness (QED) is 0.816. The first-order valence-corrected chi connectivity index (χ1v) is 9.92. The number of carbonyl (C=O) groups is 2. The number of hydrogen-bond donors (Lipinski definition) is 2. The Kier molecular flexibility index (Phi) is 6.29. The number of carbonyl (C=O) groups excluding carboxylic acids is 2. The van der Waals surface area contributed by atoms with Crippen molar-refractivity contribution in [2.24, 2.45) is 5.92 Å². The summed E-state index contributed by atoms with van der Waals surface area (Å²) >= 11 is 7.56. The fourth-order valence-corrected chi connectivity index (χ4v) is 3.94. The molecule has 0 radical (unpaired) electrons. The van der Waals surface area contributed by atoms with Crippen LogP contribution in [-0.2, 0) is 0 Å². The first-order valence-electron chi connectivity index (χ1n) is 8.66. The number of nitrogens with one attached hydrogen (secondary N) is 2. The van der Waals surface area contributed by atoms with Crippen LogP contribution < -0.4 is 10.6 Å². The van der Waals surface area contributed by atoms with E-state index in [2.05, 4.69) is 10.6 Å². The molecular formula is C19H22ClN3O2S. The van der Waals surface area contributed by atoms with E-state index in [-0.39, 0.29) is 11.8 Å². The molecule has 0 bridgehead atoms. The first kappa shape index (κ1) is 18.9. The minimum atomic E-state index is -0.223. The Morgan fingerprint density at radius 1 is 1.27 bits per heavy atom. The van der Waals surface area contributed by atoms with Crippen LogP contribution >= 0.6 is 22.9 Å². The molecule has 1 aromatic heterocycles. The van der Waals surface area contributed by atoms with Gasteiger partial charge in [-0.15, -0.1) is 11.3 Å². The minimum Gasteiger partial charge on any atom is -0.339 e. The largest absolute Gasteiger partial charge is 0.339 e. The van der Waals surface area contributed by atoms with Crippen LogP contribution in [0.3, 0.4) is 0 Å². The van der Waals surface area contributed by atoms with Crippen molar-refractivity contribution in [3.8, 4) is 0 Å². The molecule has 2 N–H and O–H groups in total. The Hall–Kier alpha value is -1.89. The number of likely N-dealkylation sites (tertiary alicyclic amines) is 1. The summed E-state index contributed by atoms with van der Waals surface area (Å²) in [5.74, 6) is 0.380. The summed E-state index contributed by atoms with van der Waals surface area (Å²) in [4.78, 5) is 27.5. The van der Waals surface area contributed by atoms with Crippen molar-refractivity contribution in [2.45, 2.75) is 12.8 Å². The topological polar surface area (TPSA) is 61.4 Å². The van der Waals surface area contributed by atoms with Gasteiger partial charge in [-0.05, 0) is 62.0 Å². The van der Waals surface area contributed by atoms with E-state index in [1.807, 2.05) is 23.4 Å². The predicted octanol–water partition coefficient (Wildman–Crippen LogP) is 3.73. The van der Waals surface area contributed by atoms with E-state index in [1.54, 1.807) is 24.3 Å². The summed E-state index contributed by atoms with van der Waals surface area (Å²) in [5, 5.41) is 8.25. The molecule has 2 amide bonds. The van der Waals surface area contributed by atoms with E-state index >= 15 is 0 Å². The van der Waals surface area contributed by atoms with Crippen LogP contribution in [0.15, 0.2) is 35.7 Å². The highest BCUT2D eigenvalue weighted by Gasteiger charge is 2.24. The van der Waals surface area contributed by atoms with Crippen molar-refractivity contribution in [3.05, 3.63) is 51.2 Å². The lowest BCUT2D eigenvalue weighted by Crippen LogP contribution is -2.40. The summed E-state index contributed by atoms with van der Waals surface area (Å²) in [7, 11) is 1.96. The van der Waals surface area contributed by atoms with Crippen LogP contribution in [0.5, 0.6) is 0 Å². The number of thiophene rings is 1. The standard InChI is InChI=1S/C19H22ClN3O2S/c1-21-12-13-6-8-23(9-7-13)19(25)14-4-5-15(20)16(11-14)22-18(24)17-3-2-10-26-17/h2-5,10-11,13,21H,6-9,12H2,1H3,(H,22,24). The molecule has 138 valence electrons. The number of rotatable bonds is 5. The Morgan fingerprint density at radius 3 is 2.69 bits per heavy atom. The molecule has 5 nitrogen and oxygen atoms in total. The highest BCUT2D eigenvalue weighted by Crippen LogP contribution is 2.26. The third-order valence-electron chi connectivity index (χ3n) is 4.60. The monoisotopic (exact) mass is 391 g/mol. The van der Waals surface area contributed by atoms with Gasteiger partial charge in [0.15, 0.2) is 0 Å². The van der Waals surface area contributed by atoms with Crippen molar-refractivity contribution in [1.82, 2.24) is 10.2 Å². The van der Waals surface area contributed by atoms with Crippen LogP contribution in [0.4, 0.5) is 5.69 Å². The van der Waals surface area contributed by atoms with E-state index in [9.17, 15) is 9.59 Å². The van der Waals surface area contributed by atoms with Gasteiger partial charge in [0, 0.05) is 18.7 Å². The fourth-order valence-electron chi connectivity index (χ4n) is 3.16. The fraction of sp³-hybridized carbons (Fsp3) is 0.368. The SMILES string of the molecule is CNCC1CCN(C(=O)c2ccc(Cl)c(NC(=O)c3cccs3)c2)CC1. The molecule has 0 atom stereocenters. The van der Waals surface area contributed by atoms with Gasteiger partial charge in [-0.1, -0.05) is 17.7 Å². The number of piperidine rings is 1. The number of halogens is 1. The third kappa shape index (κ3) is 4.44. The second kappa shape index (κ2) is 8.66. The Balaban J connectivity index is 1.69. The summed E-state index contributed by atoms with van der Waals surface area (Å²) < 4.78 is 0. The molecule has 7 heteroatoms. The van der Waals surface area contributed by atoms with E-state index in [0.717, 1.165) is 32.5 Å². The smallest absolute Gasteiger partial charge is 0.265 e. The molecule has 0 aliphatic carbocycles. The third-order valence-corrected chi connectivity index (χ3v) is 5.80. The number of hydrogen-bond acceptors (Lipinski definition) is 4. The molecular weight excluding hydrogens is 370 g/mol. The Labute approximate surface area is 162 Å². The molecule has 2 heterocycles. The maximum atomic E-state index is 12.8. The first-order chi connectivity index (χ1) is 12.6. The molecule has 1 saturated heterocycles. The lowest BCUT2D eigenvalue weighted by atomic mass is 9.96. The molecule has 1 aliphatic rings. The highest BCUT2D eigenvalue weighted by atomic mass is 35.5. The Morgan fingerprint density at radius 2 is 2.04 bits per heavy atom. The number of benzene rings is 1. The van der Waals surface area contributed by atoms with Gasteiger partial charge in [0.1, 0.15) is 0 Å². The van der Waals surface area contributed by atoms with Gasteiger partial charge in [0.25, 0.3) is 11.8 Å². The van der Waals surface area contributed by atoms with E-state index in [1.165, 1.54) is 11.3 Å². The van der Waals surface area contributed by atoms with Crippen LogP contribution in [0.25, 0.3) is 0 Å². The van der Waals surface area contributed by atoms with Gasteiger partial charge < -0.3 is 15.5 Å². The van der Waals surface area contributed by atoms with Gasteiger partial charge in [0.05, 0.1) is 15.6 Å². The zero-order chi connectivity index (χ0) is 18.5. The molecule has 2 aromatic rings.